The molecule has 0 spiro atoms. The summed E-state index contributed by atoms with van der Waals surface area (Å²) in [5, 5.41) is 0. The lowest BCUT2D eigenvalue weighted by Gasteiger charge is -2.31. The summed E-state index contributed by atoms with van der Waals surface area (Å²) in [4.78, 5) is 21.0. The molecule has 1 amide bonds. The number of rotatable bonds is 5. The van der Waals surface area contributed by atoms with Crippen LogP contribution in [0, 0.1) is 0 Å². The summed E-state index contributed by atoms with van der Waals surface area (Å²) in [6.45, 7) is 10.2. The third-order valence-electron chi connectivity index (χ3n) is 5.81. The Hall–Kier alpha value is -1.60. The molecule has 28 heavy (non-hydrogen) atoms. The second kappa shape index (κ2) is 8.82. The molecule has 0 aromatic heterocycles. The van der Waals surface area contributed by atoms with Gasteiger partial charge in [0.15, 0.2) is 0 Å². The van der Waals surface area contributed by atoms with Gasteiger partial charge in [-0.2, -0.15) is 0 Å². The van der Waals surface area contributed by atoms with Gasteiger partial charge in [0.2, 0.25) is 5.90 Å². The van der Waals surface area contributed by atoms with Gasteiger partial charge >= 0.3 is 6.09 Å². The van der Waals surface area contributed by atoms with Gasteiger partial charge in [-0.05, 0) is 66.0 Å². The molecule has 3 heterocycles. The van der Waals surface area contributed by atoms with Crippen molar-refractivity contribution in [3.63, 3.8) is 0 Å². The fourth-order valence-electron chi connectivity index (χ4n) is 4.45. The van der Waals surface area contributed by atoms with Gasteiger partial charge in [-0.3, -0.25) is 4.90 Å². The number of ether oxygens (including phenoxy) is 3. The summed E-state index contributed by atoms with van der Waals surface area (Å²) in [7, 11) is 1.63. The van der Waals surface area contributed by atoms with E-state index in [4.69, 9.17) is 14.2 Å². The molecule has 2 saturated heterocycles. The lowest BCUT2D eigenvalue weighted by molar-refractivity contribution is 0.0266. The van der Waals surface area contributed by atoms with Gasteiger partial charge in [-0.25, -0.2) is 9.79 Å². The molecule has 0 unspecified atom stereocenters. The Morgan fingerprint density at radius 1 is 1.21 bits per heavy atom. The van der Waals surface area contributed by atoms with Crippen molar-refractivity contribution in [2.75, 3.05) is 46.6 Å². The quantitative estimate of drug-likeness (QED) is 0.408. The van der Waals surface area contributed by atoms with Crippen LogP contribution in [0.3, 0.4) is 0 Å². The molecule has 3 aliphatic rings. The maximum Gasteiger partial charge on any atom is 0.410 e. The molecule has 0 bridgehead atoms. The number of nitrogens with zero attached hydrogens (tertiary/aromatic N) is 3. The van der Waals surface area contributed by atoms with Gasteiger partial charge in [0.05, 0.1) is 13.7 Å². The average molecular weight is 394 g/mol. The van der Waals surface area contributed by atoms with Crippen molar-refractivity contribution >= 4 is 12.0 Å². The monoisotopic (exact) mass is 393 g/mol. The number of amides is 1. The first-order valence-electron chi connectivity index (χ1n) is 10.4. The standard InChI is InChI=1S/C21H35N3O4/c1-20(2,3)28-19(25)23-13-7-17(8-14-23)18(26-4)22-16-27-15-21-9-5-11-24(21)12-6-10-21/h7H,5-6,8-16H2,1-4H3/b22-18+. The van der Waals surface area contributed by atoms with Crippen molar-refractivity contribution in [3.8, 4) is 0 Å². The minimum Gasteiger partial charge on any atom is -0.481 e. The van der Waals surface area contributed by atoms with E-state index in [1.807, 2.05) is 26.8 Å². The highest BCUT2D eigenvalue weighted by Crippen LogP contribution is 2.38. The van der Waals surface area contributed by atoms with Crippen molar-refractivity contribution in [1.29, 1.82) is 0 Å². The molecule has 0 saturated carbocycles. The maximum atomic E-state index is 12.2. The lowest BCUT2D eigenvalue weighted by atomic mass is 9.95. The summed E-state index contributed by atoms with van der Waals surface area (Å²) in [5.74, 6) is 0.607. The summed E-state index contributed by atoms with van der Waals surface area (Å²) in [5.41, 5.74) is 0.791. The Labute approximate surface area is 168 Å². The molecule has 158 valence electrons. The average Bonchev–Trinajstić information content (AvgIpc) is 3.20. The van der Waals surface area contributed by atoms with Gasteiger partial charge in [-0.15, -0.1) is 0 Å². The van der Waals surface area contributed by atoms with Crippen LogP contribution in [0.25, 0.3) is 0 Å². The van der Waals surface area contributed by atoms with Gasteiger partial charge in [0.1, 0.15) is 12.3 Å². The van der Waals surface area contributed by atoms with Crippen molar-refractivity contribution in [2.45, 2.75) is 64.0 Å². The van der Waals surface area contributed by atoms with Gasteiger partial charge < -0.3 is 19.1 Å². The normalized spacial score (nSPS) is 22.8. The predicted octanol–water partition coefficient (Wildman–Crippen LogP) is 3.20. The fraction of sp³-hybridized carbons (Fsp3) is 0.810. The first kappa shape index (κ1) is 21.1. The lowest BCUT2D eigenvalue weighted by Crippen LogP contribution is -2.42. The third kappa shape index (κ3) is 5.06. The molecule has 7 heteroatoms. The second-order valence-corrected chi connectivity index (χ2v) is 8.97. The number of carbonyl (C=O) groups is 1. The maximum absolute atomic E-state index is 12.2. The van der Waals surface area contributed by atoms with Gasteiger partial charge in [0, 0.05) is 24.2 Å². The van der Waals surface area contributed by atoms with E-state index in [9.17, 15) is 4.79 Å². The smallest absolute Gasteiger partial charge is 0.410 e. The molecule has 7 nitrogen and oxygen atoms in total. The van der Waals surface area contributed by atoms with E-state index in [2.05, 4.69) is 9.89 Å². The van der Waals surface area contributed by atoms with Crippen molar-refractivity contribution in [1.82, 2.24) is 9.80 Å². The van der Waals surface area contributed by atoms with Crippen LogP contribution in [0.15, 0.2) is 16.6 Å². The molecule has 2 fully saturated rings. The molecule has 0 aliphatic carbocycles. The highest BCUT2D eigenvalue weighted by Gasteiger charge is 2.44. The Kier molecular flexibility index (Phi) is 6.65. The van der Waals surface area contributed by atoms with E-state index < -0.39 is 5.60 Å². The van der Waals surface area contributed by atoms with Crippen LogP contribution in [0.1, 0.15) is 52.9 Å². The van der Waals surface area contributed by atoms with Crippen LogP contribution in [-0.2, 0) is 14.2 Å². The first-order valence-corrected chi connectivity index (χ1v) is 10.4. The van der Waals surface area contributed by atoms with Gasteiger partial charge in [-0.1, -0.05) is 6.08 Å². The van der Waals surface area contributed by atoms with Crippen LogP contribution in [0.2, 0.25) is 0 Å². The summed E-state index contributed by atoms with van der Waals surface area (Å²) < 4.78 is 16.9. The molecule has 3 rings (SSSR count). The summed E-state index contributed by atoms with van der Waals surface area (Å²) in [6, 6.07) is 0. The van der Waals surface area contributed by atoms with E-state index in [1.54, 1.807) is 12.0 Å². The first-order chi connectivity index (χ1) is 13.3. The Morgan fingerprint density at radius 2 is 1.93 bits per heavy atom. The van der Waals surface area contributed by atoms with Crippen LogP contribution >= 0.6 is 0 Å². The third-order valence-corrected chi connectivity index (χ3v) is 5.81. The molecule has 0 aromatic rings. The van der Waals surface area contributed by atoms with E-state index >= 15 is 0 Å². The van der Waals surface area contributed by atoms with Crippen LogP contribution in [0.4, 0.5) is 4.79 Å². The molecule has 0 aromatic carbocycles. The SMILES string of the molecule is CO/C(=N/COCC12CCCN1CCC2)C1=CCN(C(=O)OC(C)(C)C)CC1. The number of hydrogen-bond donors (Lipinski definition) is 0. The summed E-state index contributed by atoms with van der Waals surface area (Å²) in [6.07, 6.45) is 7.43. The number of fused-ring (bicyclic) bond motifs is 1. The molecular weight excluding hydrogens is 358 g/mol. The molecule has 0 atom stereocenters. The van der Waals surface area contributed by atoms with E-state index in [0.29, 0.717) is 32.1 Å². The Bertz CT molecular complexity index is 614. The van der Waals surface area contributed by atoms with E-state index in [-0.39, 0.29) is 11.6 Å². The zero-order valence-electron chi connectivity index (χ0n) is 17.8. The van der Waals surface area contributed by atoms with E-state index in [1.165, 1.54) is 38.8 Å². The molecule has 0 N–H and O–H groups in total. The Balaban J connectivity index is 1.49. The Morgan fingerprint density at radius 3 is 2.50 bits per heavy atom. The second-order valence-electron chi connectivity index (χ2n) is 8.97. The zero-order valence-corrected chi connectivity index (χ0v) is 17.8. The zero-order chi connectivity index (χ0) is 20.2. The van der Waals surface area contributed by atoms with Crippen LogP contribution < -0.4 is 0 Å². The number of methoxy groups -OCH3 is 1. The number of aliphatic imine (C=N–C) groups is 1. The van der Waals surface area contributed by atoms with Crippen molar-refractivity contribution < 1.29 is 19.0 Å². The fourth-order valence-corrected chi connectivity index (χ4v) is 4.45. The number of hydrogen-bond acceptors (Lipinski definition) is 6. The van der Waals surface area contributed by atoms with Gasteiger partial charge in [0.25, 0.3) is 0 Å². The minimum atomic E-state index is -0.481. The molecule has 3 aliphatic heterocycles. The van der Waals surface area contributed by atoms with Crippen LogP contribution in [0.5, 0.6) is 0 Å². The topological polar surface area (TPSA) is 63.6 Å². The largest absolute Gasteiger partial charge is 0.481 e. The van der Waals surface area contributed by atoms with Crippen molar-refractivity contribution in [2.24, 2.45) is 4.99 Å². The molecular formula is C21H35N3O4. The highest BCUT2D eigenvalue weighted by molar-refractivity contribution is 5.93. The highest BCUT2D eigenvalue weighted by atomic mass is 16.6. The number of carbonyl (C=O) groups excluding carboxylic acids is 1. The minimum absolute atomic E-state index is 0.251. The molecule has 0 radical (unpaired) electrons. The summed E-state index contributed by atoms with van der Waals surface area (Å²) >= 11 is 0. The van der Waals surface area contributed by atoms with Crippen LogP contribution in [-0.4, -0.2) is 79.6 Å². The predicted molar refractivity (Wildman–Crippen MR) is 109 cm³/mol. The van der Waals surface area contributed by atoms with E-state index in [0.717, 1.165) is 12.2 Å². The van der Waals surface area contributed by atoms with Crippen molar-refractivity contribution in [3.05, 3.63) is 11.6 Å².